The minimum Gasteiger partial charge on any atom is -0.485 e. The van der Waals surface area contributed by atoms with Gasteiger partial charge in [-0.3, -0.25) is 9.79 Å². The highest BCUT2D eigenvalue weighted by Gasteiger charge is 2.33. The van der Waals surface area contributed by atoms with Crippen molar-refractivity contribution in [2.24, 2.45) is 17.5 Å². The fourth-order valence-electron chi connectivity index (χ4n) is 6.63. The molecule has 4 nitrogen and oxygen atoms in total. The van der Waals surface area contributed by atoms with E-state index in [0.717, 1.165) is 95.0 Å². The first-order valence-electron chi connectivity index (χ1n) is 19.2. The second-order valence-corrected chi connectivity index (χ2v) is 16.4. The Kier molecular flexibility index (Phi) is 15.1. The molecule has 2 aliphatic carbocycles. The van der Waals surface area contributed by atoms with E-state index >= 15 is 0 Å². The molecule has 2 aromatic rings. The molecule has 0 amide bonds. The third-order valence-corrected chi connectivity index (χ3v) is 10.8. The van der Waals surface area contributed by atoms with E-state index in [1.807, 2.05) is 13.1 Å². The third-order valence-electron chi connectivity index (χ3n) is 9.37. The summed E-state index contributed by atoms with van der Waals surface area (Å²) in [7, 11) is 2.04. The number of ketones is 1. The van der Waals surface area contributed by atoms with Gasteiger partial charge in [0.05, 0.1) is 4.91 Å². The van der Waals surface area contributed by atoms with Crippen LogP contribution in [-0.4, -0.2) is 11.5 Å². The van der Waals surface area contributed by atoms with E-state index in [9.17, 15) is 4.79 Å². The number of aryl methyl sites for hydroxylation is 1. The Morgan fingerprint density at radius 1 is 0.962 bits per heavy atom. The fourth-order valence-corrected chi connectivity index (χ4v) is 7.67. The Hall–Kier alpha value is -3.96. The molecule has 0 aliphatic heterocycles. The lowest BCUT2D eigenvalue weighted by Gasteiger charge is -2.32. The van der Waals surface area contributed by atoms with Gasteiger partial charge in [0.1, 0.15) is 18.9 Å². The number of pyridine rings is 1. The van der Waals surface area contributed by atoms with Crippen molar-refractivity contribution in [1.29, 1.82) is 0 Å². The summed E-state index contributed by atoms with van der Waals surface area (Å²) in [5, 5.41) is 0. The number of thioether (sulfide) groups is 1. The number of aromatic nitrogens is 1. The molecule has 4 rings (SSSR count). The first-order valence-corrected chi connectivity index (χ1v) is 20.0. The highest BCUT2D eigenvalue weighted by Crippen LogP contribution is 2.45. The van der Waals surface area contributed by atoms with E-state index in [1.54, 1.807) is 18.7 Å². The van der Waals surface area contributed by atoms with Crippen LogP contribution in [0.15, 0.2) is 139 Å². The largest absolute Gasteiger partial charge is 0.485 e. The van der Waals surface area contributed by atoms with Crippen molar-refractivity contribution in [3.8, 4) is 0 Å². The molecule has 1 heterocycles. The number of carbonyl (C=O) groups excluding carboxylic acids is 1. The molecule has 1 aromatic heterocycles. The molecule has 0 fully saturated rings. The van der Waals surface area contributed by atoms with Crippen LogP contribution in [0.5, 0.6) is 0 Å². The molecule has 2 aliphatic rings. The van der Waals surface area contributed by atoms with Crippen LogP contribution < -0.4 is 4.57 Å². The standard InChI is InChI=1S/C47H61N2O2S/c1-11-19-39(42(20-12-2)48-34(5)36-21-15-13-16-22-36)31-40-25-26-41(44(40)51-46(47(7,8)9)38-27-29-49(10)30-28-38)32-43(35(6)50)52-45(33(3)4)37-23-17-14-18-24-37/h13,15-17,21-24,27-32,46H,11-12,14,18-20,25-26H2,1-10H3/q+1/b40-31+,42-39+,43-32+,48-34?. The van der Waals surface area contributed by atoms with Gasteiger partial charge in [-0.15, -0.1) is 0 Å². The zero-order valence-electron chi connectivity index (χ0n) is 33.4. The number of nitrogens with zero attached hydrogens (tertiary/aromatic N) is 2. The number of rotatable bonds is 15. The lowest BCUT2D eigenvalue weighted by molar-refractivity contribution is -0.671. The Bertz CT molecular complexity index is 1820. The maximum absolute atomic E-state index is 13.4. The van der Waals surface area contributed by atoms with E-state index in [4.69, 9.17) is 9.73 Å². The summed E-state index contributed by atoms with van der Waals surface area (Å²) in [5.74, 6) is 0.968. The minimum atomic E-state index is -0.194. The quantitative estimate of drug-likeness (QED) is 0.105. The molecule has 5 heteroatoms. The Morgan fingerprint density at radius 2 is 1.65 bits per heavy atom. The van der Waals surface area contributed by atoms with Gasteiger partial charge in [-0.05, 0) is 100 Å². The van der Waals surface area contributed by atoms with Crippen molar-refractivity contribution in [2.75, 3.05) is 0 Å². The second kappa shape index (κ2) is 19.2. The molecule has 52 heavy (non-hydrogen) atoms. The topological polar surface area (TPSA) is 42.5 Å². The van der Waals surface area contributed by atoms with Crippen LogP contribution in [0.1, 0.15) is 131 Å². The van der Waals surface area contributed by atoms with E-state index < -0.39 is 0 Å². The monoisotopic (exact) mass is 717 g/mol. The Morgan fingerprint density at radius 3 is 2.23 bits per heavy atom. The predicted octanol–water partition coefficient (Wildman–Crippen LogP) is 12.7. The SMILES string of the molecule is CCCC(/C=C1\CCC(/C=C(/SC(C2=CCCC=C2)=C(C)C)C(C)=O)=C1OC(c1cc[n+](C)cc1)C(C)(C)C)=C(/CCC)N=C(C)c1ccccc1. The molecule has 276 valence electrons. The maximum atomic E-state index is 13.4. The summed E-state index contributed by atoms with van der Waals surface area (Å²) < 4.78 is 9.35. The van der Waals surface area contributed by atoms with E-state index in [-0.39, 0.29) is 17.3 Å². The van der Waals surface area contributed by atoms with E-state index in [2.05, 4.69) is 139 Å². The summed E-state index contributed by atoms with van der Waals surface area (Å²) in [6.07, 6.45) is 22.8. The highest BCUT2D eigenvalue weighted by molar-refractivity contribution is 8.07. The van der Waals surface area contributed by atoms with Crippen molar-refractivity contribution in [3.05, 3.63) is 145 Å². The van der Waals surface area contributed by atoms with Gasteiger partial charge in [0.15, 0.2) is 18.2 Å². The summed E-state index contributed by atoms with van der Waals surface area (Å²) in [5.41, 5.74) is 10.2. The lowest BCUT2D eigenvalue weighted by Crippen LogP contribution is -2.28. The fraction of sp³-hybridized carbons (Fsp3) is 0.426. The van der Waals surface area contributed by atoms with Crippen LogP contribution in [0.25, 0.3) is 0 Å². The molecule has 1 unspecified atom stereocenters. The van der Waals surface area contributed by atoms with Gasteiger partial charge in [0.25, 0.3) is 0 Å². The summed E-state index contributed by atoms with van der Waals surface area (Å²) in [6.45, 7) is 19.3. The predicted molar refractivity (Wildman–Crippen MR) is 222 cm³/mol. The van der Waals surface area contributed by atoms with Gasteiger partial charge >= 0.3 is 0 Å². The molecule has 0 bridgehead atoms. The van der Waals surface area contributed by atoms with Crippen molar-refractivity contribution in [1.82, 2.24) is 0 Å². The smallest absolute Gasteiger partial charge is 0.168 e. The van der Waals surface area contributed by atoms with Crippen LogP contribution in [0.4, 0.5) is 0 Å². The number of benzene rings is 1. The van der Waals surface area contributed by atoms with Gasteiger partial charge in [0, 0.05) is 39.4 Å². The molecule has 0 saturated heterocycles. The Labute approximate surface area is 319 Å². The zero-order chi connectivity index (χ0) is 37.8. The normalized spacial score (nSPS) is 17.3. The maximum Gasteiger partial charge on any atom is 0.168 e. The number of hydrogen-bond donors (Lipinski definition) is 0. The number of aliphatic imine (C=N–C) groups is 1. The molecule has 0 N–H and O–H groups in total. The first-order chi connectivity index (χ1) is 24.8. The second-order valence-electron chi connectivity index (χ2n) is 15.4. The Balaban J connectivity index is 1.92. The van der Waals surface area contributed by atoms with Crippen molar-refractivity contribution in [2.45, 2.75) is 120 Å². The minimum absolute atomic E-state index is 0.0684. The van der Waals surface area contributed by atoms with Crippen LogP contribution in [0.2, 0.25) is 0 Å². The van der Waals surface area contributed by atoms with Gasteiger partial charge in [-0.2, -0.15) is 0 Å². The molecule has 0 spiro atoms. The highest BCUT2D eigenvalue weighted by atomic mass is 32.2. The van der Waals surface area contributed by atoms with E-state index in [0.29, 0.717) is 0 Å². The molecule has 1 atom stereocenters. The number of carbonyl (C=O) groups is 1. The average molecular weight is 718 g/mol. The average Bonchev–Trinajstić information content (AvgIpc) is 3.49. The van der Waals surface area contributed by atoms with Crippen LogP contribution in [-0.2, 0) is 16.6 Å². The lowest BCUT2D eigenvalue weighted by atomic mass is 9.84. The van der Waals surface area contributed by atoms with Crippen LogP contribution >= 0.6 is 11.8 Å². The number of Topliss-reactive ketones (excluding diaryl/α,β-unsaturated/α-hetero) is 1. The van der Waals surface area contributed by atoms with E-state index in [1.165, 1.54) is 22.3 Å². The molecule has 0 radical (unpaired) electrons. The van der Waals surface area contributed by atoms with Gasteiger partial charge in [-0.25, -0.2) is 4.57 Å². The molecular weight excluding hydrogens is 657 g/mol. The molecular formula is C47H61N2O2S+. The van der Waals surface area contributed by atoms with Gasteiger partial charge < -0.3 is 4.74 Å². The zero-order valence-corrected chi connectivity index (χ0v) is 34.3. The number of ether oxygens (including phenoxy) is 1. The van der Waals surface area contributed by atoms with Crippen LogP contribution in [0, 0.1) is 5.41 Å². The molecule has 0 saturated carbocycles. The first kappa shape index (κ1) is 40.8. The van der Waals surface area contributed by atoms with Crippen molar-refractivity contribution >= 4 is 23.3 Å². The number of allylic oxidation sites excluding steroid dienone is 12. The van der Waals surface area contributed by atoms with Crippen molar-refractivity contribution in [3.63, 3.8) is 0 Å². The van der Waals surface area contributed by atoms with Gasteiger partial charge in [0.2, 0.25) is 0 Å². The number of hydrogen-bond acceptors (Lipinski definition) is 4. The van der Waals surface area contributed by atoms with Gasteiger partial charge in [-0.1, -0.05) is 119 Å². The summed E-state index contributed by atoms with van der Waals surface area (Å²) in [4.78, 5) is 20.6. The summed E-state index contributed by atoms with van der Waals surface area (Å²) >= 11 is 1.60. The van der Waals surface area contributed by atoms with Crippen LogP contribution in [0.3, 0.4) is 0 Å². The molecule has 1 aromatic carbocycles. The third kappa shape index (κ3) is 11.3. The summed E-state index contributed by atoms with van der Waals surface area (Å²) in [6, 6.07) is 14.8. The van der Waals surface area contributed by atoms with Crippen molar-refractivity contribution < 1.29 is 14.1 Å².